The monoisotopic (exact) mass is 286 g/mol. The number of imidazole rings is 1. The summed E-state index contributed by atoms with van der Waals surface area (Å²) in [5.74, 6) is -0.847. The van der Waals surface area contributed by atoms with Gasteiger partial charge in [0.15, 0.2) is 6.04 Å². The van der Waals surface area contributed by atoms with Crippen molar-refractivity contribution in [3.63, 3.8) is 0 Å². The second kappa shape index (κ2) is 5.65. The lowest BCUT2D eigenvalue weighted by atomic mass is 10.0. The summed E-state index contributed by atoms with van der Waals surface area (Å²) in [5, 5.41) is 9.50. The van der Waals surface area contributed by atoms with E-state index >= 15 is 0 Å². The Kier molecular flexibility index (Phi) is 3.70. The molecule has 110 valence electrons. The van der Waals surface area contributed by atoms with E-state index in [0.29, 0.717) is 12.2 Å². The molecule has 2 aromatic heterocycles. The number of carboxylic acids is 1. The van der Waals surface area contributed by atoms with Crippen molar-refractivity contribution in [2.75, 3.05) is 13.1 Å². The van der Waals surface area contributed by atoms with Gasteiger partial charge in [0.25, 0.3) is 0 Å². The first-order chi connectivity index (χ1) is 10.1. The lowest BCUT2D eigenvalue weighted by Gasteiger charge is -2.31. The van der Waals surface area contributed by atoms with Crippen molar-refractivity contribution in [2.24, 2.45) is 0 Å². The van der Waals surface area contributed by atoms with Gasteiger partial charge in [-0.25, -0.2) is 4.98 Å². The van der Waals surface area contributed by atoms with Gasteiger partial charge in [-0.1, -0.05) is 6.07 Å². The quantitative estimate of drug-likeness (QED) is 0.886. The van der Waals surface area contributed by atoms with Gasteiger partial charge in [0.1, 0.15) is 0 Å². The molecule has 6 nitrogen and oxygen atoms in total. The smallest absolute Gasteiger partial charge is 0.327 e. The number of aromatic amines is 1. The number of pyridine rings is 1. The van der Waals surface area contributed by atoms with Gasteiger partial charge in [-0.15, -0.1) is 0 Å². The molecule has 6 heteroatoms. The number of rotatable bonds is 4. The topological polar surface area (TPSA) is 82.1 Å². The predicted molar refractivity (Wildman–Crippen MR) is 76.9 cm³/mol. The fourth-order valence-electron chi connectivity index (χ4n) is 2.84. The fourth-order valence-corrected chi connectivity index (χ4v) is 2.84. The molecular formula is C15H18N4O2. The zero-order chi connectivity index (χ0) is 14.8. The van der Waals surface area contributed by atoms with Crippen LogP contribution in [0.15, 0.2) is 24.5 Å². The van der Waals surface area contributed by atoms with E-state index in [1.807, 2.05) is 30.0 Å². The van der Waals surface area contributed by atoms with Crippen molar-refractivity contribution in [1.82, 2.24) is 19.9 Å². The molecule has 0 spiro atoms. The van der Waals surface area contributed by atoms with Gasteiger partial charge < -0.3 is 10.1 Å². The largest absolute Gasteiger partial charge is 0.480 e. The summed E-state index contributed by atoms with van der Waals surface area (Å²) in [6, 6.07) is 5.26. The average molecular weight is 286 g/mol. The van der Waals surface area contributed by atoms with E-state index in [0.717, 1.165) is 36.5 Å². The van der Waals surface area contributed by atoms with Crippen LogP contribution in [-0.4, -0.2) is 44.0 Å². The average Bonchev–Trinajstić information content (AvgIpc) is 2.92. The molecule has 0 aromatic carbocycles. The number of aryl methyl sites for hydroxylation is 1. The fraction of sp³-hybridized carbons (Fsp3) is 0.400. The molecule has 3 rings (SSSR count). The van der Waals surface area contributed by atoms with E-state index in [2.05, 4.69) is 15.0 Å². The molecule has 0 radical (unpaired) electrons. The molecule has 0 unspecified atom stereocenters. The van der Waals surface area contributed by atoms with Crippen LogP contribution in [0, 0.1) is 6.92 Å². The zero-order valence-electron chi connectivity index (χ0n) is 11.9. The van der Waals surface area contributed by atoms with Crippen LogP contribution >= 0.6 is 0 Å². The number of nitrogens with zero attached hydrogens (tertiary/aromatic N) is 3. The number of H-pyrrole nitrogens is 1. The molecule has 2 N–H and O–H groups in total. The molecule has 0 amide bonds. The van der Waals surface area contributed by atoms with Gasteiger partial charge in [-0.3, -0.25) is 14.7 Å². The summed E-state index contributed by atoms with van der Waals surface area (Å²) in [7, 11) is 0. The first kappa shape index (κ1) is 13.8. The van der Waals surface area contributed by atoms with Crippen LogP contribution in [0.3, 0.4) is 0 Å². The minimum atomic E-state index is -0.847. The Morgan fingerprint density at radius 3 is 3.14 bits per heavy atom. The van der Waals surface area contributed by atoms with E-state index in [9.17, 15) is 9.90 Å². The second-order valence-electron chi connectivity index (χ2n) is 5.31. The molecule has 0 fully saturated rings. The standard InChI is InChI=1S/C15H18N4O2/c1-10-3-2-4-11(18-10)5-7-19-8-6-12-13(17-9-16-12)14(19)15(20)21/h2-4,9,14H,5-8H2,1H3,(H,16,17)(H,20,21)/t14-/m1/s1. The number of carboxylic acid groups (broad SMARTS) is 1. The van der Waals surface area contributed by atoms with Gasteiger partial charge in [0.05, 0.1) is 12.0 Å². The Labute approximate surface area is 122 Å². The Morgan fingerprint density at radius 2 is 2.38 bits per heavy atom. The van der Waals surface area contributed by atoms with Crippen LogP contribution in [0.4, 0.5) is 0 Å². The van der Waals surface area contributed by atoms with Gasteiger partial charge in [-0.05, 0) is 19.1 Å². The van der Waals surface area contributed by atoms with Crippen LogP contribution in [0.2, 0.25) is 0 Å². The summed E-state index contributed by atoms with van der Waals surface area (Å²) < 4.78 is 0. The minimum Gasteiger partial charge on any atom is -0.480 e. The number of aliphatic carboxylic acids is 1. The maximum atomic E-state index is 11.6. The van der Waals surface area contributed by atoms with Crippen LogP contribution < -0.4 is 0 Å². The van der Waals surface area contributed by atoms with E-state index in [1.54, 1.807) is 6.33 Å². The Bertz CT molecular complexity index is 653. The Balaban J connectivity index is 1.74. The van der Waals surface area contributed by atoms with Crippen LogP contribution in [-0.2, 0) is 17.6 Å². The molecule has 0 saturated carbocycles. The summed E-state index contributed by atoms with van der Waals surface area (Å²) in [4.78, 5) is 25.2. The summed E-state index contributed by atoms with van der Waals surface area (Å²) >= 11 is 0. The van der Waals surface area contributed by atoms with Crippen molar-refractivity contribution in [3.05, 3.63) is 47.3 Å². The normalized spacial score (nSPS) is 18.4. The lowest BCUT2D eigenvalue weighted by Crippen LogP contribution is -2.41. The van der Waals surface area contributed by atoms with Crippen LogP contribution in [0.1, 0.15) is 28.8 Å². The molecular weight excluding hydrogens is 268 g/mol. The summed E-state index contributed by atoms with van der Waals surface area (Å²) in [6.45, 7) is 3.35. The zero-order valence-corrected chi connectivity index (χ0v) is 11.9. The molecule has 21 heavy (non-hydrogen) atoms. The highest BCUT2D eigenvalue weighted by molar-refractivity contribution is 5.75. The van der Waals surface area contributed by atoms with Crippen molar-refractivity contribution in [3.8, 4) is 0 Å². The molecule has 1 aliphatic heterocycles. The van der Waals surface area contributed by atoms with Gasteiger partial charge >= 0.3 is 5.97 Å². The molecule has 1 aliphatic rings. The summed E-state index contributed by atoms with van der Waals surface area (Å²) in [5.41, 5.74) is 3.56. The van der Waals surface area contributed by atoms with E-state index in [4.69, 9.17) is 0 Å². The summed E-state index contributed by atoms with van der Waals surface area (Å²) in [6.07, 6.45) is 3.12. The van der Waals surface area contributed by atoms with E-state index in [1.165, 1.54) is 0 Å². The highest BCUT2D eigenvalue weighted by Gasteiger charge is 2.34. The van der Waals surface area contributed by atoms with Crippen molar-refractivity contribution in [1.29, 1.82) is 0 Å². The van der Waals surface area contributed by atoms with Gasteiger partial charge in [0.2, 0.25) is 0 Å². The highest BCUT2D eigenvalue weighted by Crippen LogP contribution is 2.27. The third-order valence-corrected chi connectivity index (χ3v) is 3.86. The number of nitrogens with one attached hydrogen (secondary N) is 1. The van der Waals surface area contributed by atoms with Gasteiger partial charge in [-0.2, -0.15) is 0 Å². The van der Waals surface area contributed by atoms with Crippen molar-refractivity contribution >= 4 is 5.97 Å². The SMILES string of the molecule is Cc1cccc(CCN2CCc3[nH]cnc3[C@@H]2C(=O)O)n1. The van der Waals surface area contributed by atoms with E-state index < -0.39 is 12.0 Å². The van der Waals surface area contributed by atoms with Crippen molar-refractivity contribution < 1.29 is 9.90 Å². The molecule has 0 saturated heterocycles. The molecule has 1 atom stereocenters. The first-order valence-electron chi connectivity index (χ1n) is 7.06. The van der Waals surface area contributed by atoms with Crippen molar-refractivity contribution in [2.45, 2.75) is 25.8 Å². The van der Waals surface area contributed by atoms with Crippen LogP contribution in [0.5, 0.6) is 0 Å². The molecule has 2 aromatic rings. The third kappa shape index (κ3) is 2.80. The number of hydrogen-bond donors (Lipinski definition) is 2. The maximum absolute atomic E-state index is 11.6. The Hall–Kier alpha value is -2.21. The number of fused-ring (bicyclic) bond motifs is 1. The van der Waals surface area contributed by atoms with Gasteiger partial charge in [0, 0.05) is 43.0 Å². The second-order valence-corrected chi connectivity index (χ2v) is 5.31. The molecule has 0 aliphatic carbocycles. The Morgan fingerprint density at radius 1 is 1.52 bits per heavy atom. The van der Waals surface area contributed by atoms with Crippen LogP contribution in [0.25, 0.3) is 0 Å². The first-order valence-corrected chi connectivity index (χ1v) is 7.06. The molecule has 3 heterocycles. The predicted octanol–water partition coefficient (Wildman–Crippen LogP) is 1.34. The number of aromatic nitrogens is 3. The number of hydrogen-bond acceptors (Lipinski definition) is 4. The highest BCUT2D eigenvalue weighted by atomic mass is 16.4. The third-order valence-electron chi connectivity index (χ3n) is 3.86. The lowest BCUT2D eigenvalue weighted by molar-refractivity contribution is -0.144. The minimum absolute atomic E-state index is 0.644. The van der Waals surface area contributed by atoms with E-state index in [-0.39, 0.29) is 0 Å². The maximum Gasteiger partial charge on any atom is 0.327 e. The number of carbonyl (C=O) groups is 1. The molecule has 0 bridgehead atoms.